The van der Waals surface area contributed by atoms with Crippen LogP contribution in [-0.2, 0) is 13.5 Å². The van der Waals surface area contributed by atoms with Crippen LogP contribution in [-0.4, -0.2) is 15.8 Å². The van der Waals surface area contributed by atoms with Gasteiger partial charge < -0.3 is 5.32 Å². The van der Waals surface area contributed by atoms with Crippen molar-refractivity contribution >= 4 is 5.69 Å². The number of anilines is 1. The van der Waals surface area contributed by atoms with Crippen molar-refractivity contribution in [2.75, 3.05) is 5.32 Å². The van der Waals surface area contributed by atoms with Crippen LogP contribution in [0, 0.1) is 20.8 Å². The minimum absolute atomic E-state index is 0.442. The lowest BCUT2D eigenvalue weighted by atomic mass is 10.0. The van der Waals surface area contributed by atoms with E-state index in [-0.39, 0.29) is 0 Å². The third-order valence-electron chi connectivity index (χ3n) is 3.85. The fourth-order valence-corrected chi connectivity index (χ4v) is 2.55. The summed E-state index contributed by atoms with van der Waals surface area (Å²) in [5.74, 6) is 0. The molecule has 0 aliphatic carbocycles. The lowest BCUT2D eigenvalue weighted by molar-refractivity contribution is 0.703. The number of hydrogen-bond acceptors (Lipinski definition) is 2. The van der Waals surface area contributed by atoms with Gasteiger partial charge >= 0.3 is 0 Å². The molecule has 0 saturated carbocycles. The van der Waals surface area contributed by atoms with Crippen molar-refractivity contribution in [1.82, 2.24) is 9.78 Å². The zero-order valence-electron chi connectivity index (χ0n) is 13.2. The molecular formula is C17H25N3. The van der Waals surface area contributed by atoms with E-state index in [4.69, 9.17) is 0 Å². The Hall–Kier alpha value is -1.77. The molecule has 0 aliphatic rings. The smallest absolute Gasteiger partial charge is 0.0827 e. The molecule has 3 nitrogen and oxygen atoms in total. The van der Waals surface area contributed by atoms with Crippen LogP contribution in [0.4, 0.5) is 5.69 Å². The fraction of sp³-hybridized carbons (Fsp3) is 0.471. The summed E-state index contributed by atoms with van der Waals surface area (Å²) < 4.78 is 1.94. The summed E-state index contributed by atoms with van der Waals surface area (Å²) in [7, 11) is 1.99. The molecule has 0 spiro atoms. The molecule has 0 fully saturated rings. The van der Waals surface area contributed by atoms with E-state index < -0.39 is 0 Å². The van der Waals surface area contributed by atoms with Gasteiger partial charge in [-0.15, -0.1) is 0 Å². The van der Waals surface area contributed by atoms with Crippen LogP contribution < -0.4 is 5.32 Å². The molecule has 1 atom stereocenters. The maximum atomic E-state index is 4.45. The van der Waals surface area contributed by atoms with Gasteiger partial charge in [-0.25, -0.2) is 0 Å². The molecule has 0 saturated heterocycles. The highest BCUT2D eigenvalue weighted by atomic mass is 15.3. The summed E-state index contributed by atoms with van der Waals surface area (Å²) >= 11 is 0. The second kappa shape index (κ2) is 6.12. The normalized spacial score (nSPS) is 12.4. The molecule has 0 amide bonds. The van der Waals surface area contributed by atoms with Gasteiger partial charge in [0.25, 0.3) is 0 Å². The number of aryl methyl sites for hydroxylation is 4. The van der Waals surface area contributed by atoms with E-state index in [0.717, 1.165) is 18.5 Å². The largest absolute Gasteiger partial charge is 0.380 e. The molecule has 1 N–H and O–H groups in total. The van der Waals surface area contributed by atoms with Crippen LogP contribution in [0.2, 0.25) is 0 Å². The highest BCUT2D eigenvalue weighted by Gasteiger charge is 2.11. The summed E-state index contributed by atoms with van der Waals surface area (Å²) in [5, 5.41) is 8.05. The van der Waals surface area contributed by atoms with Crippen LogP contribution in [0.5, 0.6) is 0 Å². The van der Waals surface area contributed by atoms with Crippen LogP contribution in [0.1, 0.15) is 35.9 Å². The van der Waals surface area contributed by atoms with Gasteiger partial charge in [0.2, 0.25) is 0 Å². The Morgan fingerprint density at radius 3 is 2.60 bits per heavy atom. The first-order chi connectivity index (χ1) is 9.47. The van der Waals surface area contributed by atoms with Crippen molar-refractivity contribution in [3.63, 3.8) is 0 Å². The van der Waals surface area contributed by atoms with E-state index in [1.165, 1.54) is 22.5 Å². The molecule has 1 heterocycles. The Balaban J connectivity index is 1.94. The maximum absolute atomic E-state index is 4.45. The predicted octanol–water partition coefficient (Wildman–Crippen LogP) is 3.78. The van der Waals surface area contributed by atoms with E-state index in [1.807, 2.05) is 11.7 Å². The lowest BCUT2D eigenvalue weighted by Gasteiger charge is -2.15. The molecular weight excluding hydrogens is 246 g/mol. The molecule has 3 heteroatoms. The first kappa shape index (κ1) is 14.6. The first-order valence-corrected chi connectivity index (χ1v) is 7.29. The third-order valence-corrected chi connectivity index (χ3v) is 3.85. The van der Waals surface area contributed by atoms with E-state index in [9.17, 15) is 0 Å². The minimum Gasteiger partial charge on any atom is -0.380 e. The molecule has 0 bridgehead atoms. The van der Waals surface area contributed by atoms with Crippen molar-refractivity contribution < 1.29 is 0 Å². The van der Waals surface area contributed by atoms with Gasteiger partial charge in [0.1, 0.15) is 0 Å². The Morgan fingerprint density at radius 1 is 1.25 bits per heavy atom. The zero-order valence-corrected chi connectivity index (χ0v) is 13.2. The van der Waals surface area contributed by atoms with Crippen molar-refractivity contribution in [3.8, 4) is 0 Å². The highest BCUT2D eigenvalue weighted by Crippen LogP contribution is 2.20. The predicted molar refractivity (Wildman–Crippen MR) is 85.3 cm³/mol. The van der Waals surface area contributed by atoms with Gasteiger partial charge in [0.15, 0.2) is 0 Å². The summed E-state index contributed by atoms with van der Waals surface area (Å²) in [6, 6.07) is 9.20. The Labute approximate surface area is 122 Å². The molecule has 2 rings (SSSR count). The van der Waals surface area contributed by atoms with Crippen molar-refractivity contribution in [3.05, 3.63) is 46.8 Å². The fourth-order valence-electron chi connectivity index (χ4n) is 2.55. The van der Waals surface area contributed by atoms with Gasteiger partial charge in [-0.1, -0.05) is 29.8 Å². The molecule has 0 aliphatic heterocycles. The second-order valence-corrected chi connectivity index (χ2v) is 5.74. The third kappa shape index (κ3) is 3.41. The van der Waals surface area contributed by atoms with Gasteiger partial charge in [-0.3, -0.25) is 4.68 Å². The van der Waals surface area contributed by atoms with Gasteiger partial charge in [0.05, 0.1) is 17.1 Å². The number of nitrogens with zero attached hydrogens (tertiary/aromatic N) is 2. The molecule has 1 unspecified atom stereocenters. The SMILES string of the molecule is Cc1cccc(CCC(C)Nc2c(C)nn(C)c2C)c1. The monoisotopic (exact) mass is 271 g/mol. The van der Waals surface area contributed by atoms with Gasteiger partial charge in [0, 0.05) is 13.1 Å². The molecule has 0 radical (unpaired) electrons. The summed E-state index contributed by atoms with van der Waals surface area (Å²) in [6.07, 6.45) is 2.23. The van der Waals surface area contributed by atoms with Crippen LogP contribution in [0.3, 0.4) is 0 Å². The average Bonchev–Trinajstić information content (AvgIpc) is 2.63. The molecule has 20 heavy (non-hydrogen) atoms. The number of rotatable bonds is 5. The maximum Gasteiger partial charge on any atom is 0.0827 e. The Bertz CT molecular complexity index is 584. The minimum atomic E-state index is 0.442. The van der Waals surface area contributed by atoms with Crippen LogP contribution >= 0.6 is 0 Å². The standard InChI is InChI=1S/C17H25N3/c1-12-7-6-8-16(11-12)10-9-13(2)18-17-14(3)19-20(5)15(17)4/h6-8,11,13,18H,9-10H2,1-5H3. The summed E-state index contributed by atoms with van der Waals surface area (Å²) in [6.45, 7) is 8.55. The van der Waals surface area contributed by atoms with Crippen molar-refractivity contribution in [1.29, 1.82) is 0 Å². The molecule has 1 aromatic heterocycles. The van der Waals surface area contributed by atoms with E-state index in [2.05, 4.69) is 62.4 Å². The topological polar surface area (TPSA) is 29.9 Å². The van der Waals surface area contributed by atoms with Crippen molar-refractivity contribution in [2.24, 2.45) is 7.05 Å². The average molecular weight is 271 g/mol. The molecule has 108 valence electrons. The van der Waals surface area contributed by atoms with E-state index in [1.54, 1.807) is 0 Å². The second-order valence-electron chi connectivity index (χ2n) is 5.74. The summed E-state index contributed by atoms with van der Waals surface area (Å²) in [5.41, 5.74) is 6.21. The molecule has 1 aromatic carbocycles. The van der Waals surface area contributed by atoms with Crippen LogP contribution in [0.15, 0.2) is 24.3 Å². The Kier molecular flexibility index (Phi) is 4.48. The van der Waals surface area contributed by atoms with E-state index in [0.29, 0.717) is 6.04 Å². The van der Waals surface area contributed by atoms with Crippen LogP contribution in [0.25, 0.3) is 0 Å². The summed E-state index contributed by atoms with van der Waals surface area (Å²) in [4.78, 5) is 0. The lowest BCUT2D eigenvalue weighted by Crippen LogP contribution is -2.17. The van der Waals surface area contributed by atoms with Gasteiger partial charge in [-0.2, -0.15) is 5.10 Å². The molecule has 2 aromatic rings. The first-order valence-electron chi connectivity index (χ1n) is 7.29. The number of hydrogen-bond donors (Lipinski definition) is 1. The quantitative estimate of drug-likeness (QED) is 0.897. The number of benzene rings is 1. The number of aromatic nitrogens is 2. The highest BCUT2D eigenvalue weighted by molar-refractivity contribution is 5.52. The Morgan fingerprint density at radius 2 is 2.00 bits per heavy atom. The van der Waals surface area contributed by atoms with Gasteiger partial charge in [-0.05, 0) is 46.1 Å². The zero-order chi connectivity index (χ0) is 14.7. The number of nitrogens with one attached hydrogen (secondary N) is 1. The van der Waals surface area contributed by atoms with Crippen molar-refractivity contribution in [2.45, 2.75) is 46.6 Å². The van der Waals surface area contributed by atoms with E-state index >= 15 is 0 Å².